The number of ether oxygens (including phenoxy) is 1. The van der Waals surface area contributed by atoms with Crippen LogP contribution in [0.1, 0.15) is 18.2 Å². The maximum absolute atomic E-state index is 13.2. The summed E-state index contributed by atoms with van der Waals surface area (Å²) in [6, 6.07) is 5.89. The van der Waals surface area contributed by atoms with E-state index in [9.17, 15) is 4.79 Å². The van der Waals surface area contributed by atoms with E-state index in [1.165, 1.54) is 17.3 Å². The van der Waals surface area contributed by atoms with E-state index in [1.54, 1.807) is 17.2 Å². The number of nitrogens with one attached hydrogen (secondary N) is 1. The van der Waals surface area contributed by atoms with Crippen LogP contribution in [0.4, 0.5) is 0 Å². The summed E-state index contributed by atoms with van der Waals surface area (Å²) in [5.74, 6) is 1.81. The van der Waals surface area contributed by atoms with E-state index in [0.717, 1.165) is 41.5 Å². The molecule has 4 heterocycles. The lowest BCUT2D eigenvalue weighted by Crippen LogP contribution is -2.33. The second kappa shape index (κ2) is 6.16. The number of thioether (sulfide) groups is 1. The van der Waals surface area contributed by atoms with Crippen molar-refractivity contribution in [2.24, 2.45) is 4.99 Å². The molecule has 0 amide bonds. The van der Waals surface area contributed by atoms with Gasteiger partial charge < -0.3 is 15.0 Å². The highest BCUT2D eigenvalue weighted by atomic mass is 32.2. The van der Waals surface area contributed by atoms with E-state index in [0.29, 0.717) is 11.5 Å². The van der Waals surface area contributed by atoms with Gasteiger partial charge in [0.05, 0.1) is 29.9 Å². The summed E-state index contributed by atoms with van der Waals surface area (Å²) in [4.78, 5) is 25.1. The second-order valence-corrected chi connectivity index (χ2v) is 7.75. The number of benzene rings is 1. The fraction of sp³-hybridized carbons (Fsp3) is 0.316. The molecule has 1 atom stereocenters. The molecule has 27 heavy (non-hydrogen) atoms. The van der Waals surface area contributed by atoms with Gasteiger partial charge >= 0.3 is 0 Å². The molecule has 0 saturated carbocycles. The molecule has 0 bridgehead atoms. The molecule has 0 aliphatic carbocycles. The average molecular weight is 381 g/mol. The van der Waals surface area contributed by atoms with Crippen molar-refractivity contribution in [3.8, 4) is 11.4 Å². The Hall–Kier alpha value is -2.74. The molecular formula is C19H19N5O2S. The van der Waals surface area contributed by atoms with Crippen LogP contribution in [0, 0.1) is 0 Å². The average Bonchev–Trinajstić information content (AvgIpc) is 3.31. The maximum atomic E-state index is 13.2. The molecule has 3 aliphatic rings. The van der Waals surface area contributed by atoms with Crippen LogP contribution >= 0.6 is 11.8 Å². The van der Waals surface area contributed by atoms with Crippen molar-refractivity contribution in [3.63, 3.8) is 0 Å². The molecule has 3 aliphatic heterocycles. The van der Waals surface area contributed by atoms with E-state index >= 15 is 0 Å². The van der Waals surface area contributed by atoms with Crippen LogP contribution in [0.3, 0.4) is 0 Å². The SMILES string of the molecule is CCN(C)C1=C2c3ncn(-c4ccc5c(c4)OCC5)c(=O)c3SC2N=CN1. The van der Waals surface area contributed by atoms with Crippen LogP contribution < -0.4 is 15.6 Å². The molecule has 0 fully saturated rings. The van der Waals surface area contributed by atoms with Crippen molar-refractivity contribution >= 4 is 23.7 Å². The lowest BCUT2D eigenvalue weighted by molar-refractivity contribution is 0.356. The van der Waals surface area contributed by atoms with Crippen LogP contribution in [0.2, 0.25) is 0 Å². The van der Waals surface area contributed by atoms with Crippen molar-refractivity contribution in [1.29, 1.82) is 0 Å². The molecule has 1 unspecified atom stereocenters. The number of nitrogens with zero attached hydrogens (tertiary/aromatic N) is 4. The normalized spacial score (nSPS) is 19.3. The molecular weight excluding hydrogens is 362 g/mol. The Labute approximate surface area is 160 Å². The van der Waals surface area contributed by atoms with Crippen molar-refractivity contribution in [2.75, 3.05) is 20.2 Å². The summed E-state index contributed by atoms with van der Waals surface area (Å²) >= 11 is 1.46. The number of hydrogen-bond donors (Lipinski definition) is 1. The summed E-state index contributed by atoms with van der Waals surface area (Å²) in [6.07, 6.45) is 4.22. The number of aromatic nitrogens is 2. The lowest BCUT2D eigenvalue weighted by Gasteiger charge is -2.26. The Kier molecular flexibility index (Phi) is 3.75. The van der Waals surface area contributed by atoms with E-state index in [-0.39, 0.29) is 10.9 Å². The first-order valence-corrected chi connectivity index (χ1v) is 9.83. The molecule has 7 nitrogen and oxygen atoms in total. The first kappa shape index (κ1) is 16.4. The van der Waals surface area contributed by atoms with Gasteiger partial charge in [-0.15, -0.1) is 0 Å². The zero-order valence-corrected chi connectivity index (χ0v) is 15.9. The molecule has 1 aromatic carbocycles. The third kappa shape index (κ3) is 2.47. The number of fused-ring (bicyclic) bond motifs is 4. The Morgan fingerprint density at radius 3 is 3.19 bits per heavy atom. The van der Waals surface area contributed by atoms with Gasteiger partial charge in [-0.25, -0.2) is 4.98 Å². The number of aliphatic imine (C=N–C) groups is 1. The third-order valence-electron chi connectivity index (χ3n) is 5.14. The molecule has 0 saturated heterocycles. The standard InChI is InChI=1S/C19H19N5O2S/c1-3-23(2)17-14-15-16(27-18(14)21-9-20-17)19(25)24(10-22-15)12-5-4-11-6-7-26-13(11)8-12/h4-5,8-10,18H,3,6-7H2,1-2H3,(H,20,21). The highest BCUT2D eigenvalue weighted by molar-refractivity contribution is 8.00. The van der Waals surface area contributed by atoms with E-state index in [2.05, 4.69) is 27.1 Å². The van der Waals surface area contributed by atoms with Crippen LogP contribution in [0.5, 0.6) is 5.75 Å². The topological polar surface area (TPSA) is 71.8 Å². The predicted octanol–water partition coefficient (Wildman–Crippen LogP) is 1.85. The van der Waals surface area contributed by atoms with Gasteiger partial charge in [-0.1, -0.05) is 17.8 Å². The Morgan fingerprint density at radius 2 is 2.33 bits per heavy atom. The van der Waals surface area contributed by atoms with Gasteiger partial charge in [-0.2, -0.15) is 0 Å². The smallest absolute Gasteiger partial charge is 0.272 e. The van der Waals surface area contributed by atoms with Crippen LogP contribution in [-0.4, -0.2) is 46.4 Å². The van der Waals surface area contributed by atoms with Crippen molar-refractivity contribution in [3.05, 3.63) is 52.0 Å². The van der Waals surface area contributed by atoms with E-state index < -0.39 is 0 Å². The van der Waals surface area contributed by atoms with Gasteiger partial charge in [0.1, 0.15) is 28.2 Å². The highest BCUT2D eigenvalue weighted by Crippen LogP contribution is 2.45. The molecule has 0 radical (unpaired) electrons. The zero-order chi connectivity index (χ0) is 18.5. The summed E-state index contributed by atoms with van der Waals surface area (Å²) in [7, 11) is 2.01. The van der Waals surface area contributed by atoms with Crippen LogP contribution in [0.15, 0.2) is 45.0 Å². The third-order valence-corrected chi connectivity index (χ3v) is 6.33. The maximum Gasteiger partial charge on any atom is 0.272 e. The Balaban J connectivity index is 1.63. The lowest BCUT2D eigenvalue weighted by atomic mass is 10.1. The molecule has 5 rings (SSSR count). The molecule has 1 N–H and O–H groups in total. The van der Waals surface area contributed by atoms with Crippen molar-refractivity contribution in [2.45, 2.75) is 23.6 Å². The fourth-order valence-corrected chi connectivity index (χ4v) is 4.72. The van der Waals surface area contributed by atoms with Crippen molar-refractivity contribution in [1.82, 2.24) is 19.8 Å². The van der Waals surface area contributed by atoms with Crippen molar-refractivity contribution < 1.29 is 4.74 Å². The van der Waals surface area contributed by atoms with Gasteiger partial charge in [-0.3, -0.25) is 14.4 Å². The molecule has 138 valence electrons. The van der Waals surface area contributed by atoms with E-state index in [4.69, 9.17) is 4.74 Å². The molecule has 1 aromatic heterocycles. The molecule has 8 heteroatoms. The number of rotatable bonds is 3. The summed E-state index contributed by atoms with van der Waals surface area (Å²) in [5, 5.41) is 3.08. The van der Waals surface area contributed by atoms with Crippen LogP contribution in [0.25, 0.3) is 11.3 Å². The zero-order valence-electron chi connectivity index (χ0n) is 15.1. The Bertz CT molecular complexity index is 1060. The summed E-state index contributed by atoms with van der Waals surface area (Å²) in [6.45, 7) is 3.62. The largest absolute Gasteiger partial charge is 0.493 e. The monoisotopic (exact) mass is 381 g/mol. The van der Waals surface area contributed by atoms with Gasteiger partial charge in [0.2, 0.25) is 0 Å². The van der Waals surface area contributed by atoms with Gasteiger partial charge in [0.25, 0.3) is 5.56 Å². The first-order valence-electron chi connectivity index (χ1n) is 8.95. The fourth-order valence-electron chi connectivity index (χ4n) is 3.56. The van der Waals surface area contributed by atoms with Gasteiger partial charge in [0.15, 0.2) is 0 Å². The minimum Gasteiger partial charge on any atom is -0.493 e. The summed E-state index contributed by atoms with van der Waals surface area (Å²) in [5.41, 5.74) is 3.58. The predicted molar refractivity (Wildman–Crippen MR) is 106 cm³/mol. The minimum absolute atomic E-state index is 0.0708. The van der Waals surface area contributed by atoms with Gasteiger partial charge in [0, 0.05) is 26.1 Å². The second-order valence-electron chi connectivity index (χ2n) is 6.66. The van der Waals surface area contributed by atoms with E-state index in [1.807, 2.05) is 25.2 Å². The molecule has 0 spiro atoms. The quantitative estimate of drug-likeness (QED) is 0.875. The van der Waals surface area contributed by atoms with Gasteiger partial charge in [-0.05, 0) is 18.6 Å². The minimum atomic E-state index is -0.135. The number of hydrogen-bond acceptors (Lipinski definition) is 7. The first-order chi connectivity index (χ1) is 13.2. The Morgan fingerprint density at radius 1 is 1.44 bits per heavy atom. The molecule has 2 aromatic rings. The summed E-state index contributed by atoms with van der Waals surface area (Å²) < 4.78 is 7.23. The van der Waals surface area contributed by atoms with Crippen LogP contribution in [-0.2, 0) is 6.42 Å². The highest BCUT2D eigenvalue weighted by Gasteiger charge is 2.36.